The second kappa shape index (κ2) is 5.98. The van der Waals surface area contributed by atoms with E-state index in [9.17, 15) is 12.8 Å². The van der Waals surface area contributed by atoms with Crippen molar-refractivity contribution in [1.29, 1.82) is 0 Å². The maximum absolute atomic E-state index is 13.6. The Morgan fingerprint density at radius 1 is 1.25 bits per heavy atom. The molecule has 0 aliphatic rings. The zero-order valence-electron chi connectivity index (χ0n) is 10.6. The molecular formula is C13H14FN3O2S. The first-order valence-electron chi connectivity index (χ1n) is 5.93. The van der Waals surface area contributed by atoms with Gasteiger partial charge in [0.05, 0.1) is 5.69 Å². The Labute approximate surface area is 116 Å². The van der Waals surface area contributed by atoms with Crippen molar-refractivity contribution in [1.82, 2.24) is 9.71 Å². The predicted octanol–water partition coefficient (Wildman–Crippen LogP) is 1.32. The van der Waals surface area contributed by atoms with Crippen LogP contribution in [0, 0.1) is 5.82 Å². The summed E-state index contributed by atoms with van der Waals surface area (Å²) in [6.45, 7) is 0.141. The first kappa shape index (κ1) is 14.4. The van der Waals surface area contributed by atoms with Gasteiger partial charge in [0.2, 0.25) is 10.0 Å². The maximum Gasteiger partial charge on any atom is 0.245 e. The van der Waals surface area contributed by atoms with E-state index in [2.05, 4.69) is 9.71 Å². The van der Waals surface area contributed by atoms with E-state index in [0.29, 0.717) is 6.42 Å². The van der Waals surface area contributed by atoms with E-state index < -0.39 is 20.7 Å². The molecule has 0 radical (unpaired) electrons. The third-order valence-corrected chi connectivity index (χ3v) is 4.25. The van der Waals surface area contributed by atoms with Crippen molar-refractivity contribution >= 4 is 15.7 Å². The Bertz CT molecular complexity index is 670. The molecule has 0 spiro atoms. The highest BCUT2D eigenvalue weighted by Crippen LogP contribution is 2.21. The molecule has 0 saturated carbocycles. The number of rotatable bonds is 5. The van der Waals surface area contributed by atoms with E-state index in [0.717, 1.165) is 11.6 Å². The van der Waals surface area contributed by atoms with Crippen LogP contribution in [-0.2, 0) is 16.4 Å². The summed E-state index contributed by atoms with van der Waals surface area (Å²) in [5.41, 5.74) is 6.29. The third-order valence-electron chi connectivity index (χ3n) is 2.69. The fourth-order valence-corrected chi connectivity index (χ4v) is 2.98. The highest BCUT2D eigenvalue weighted by Gasteiger charge is 2.21. The number of hydrogen-bond acceptors (Lipinski definition) is 4. The van der Waals surface area contributed by atoms with Gasteiger partial charge in [0.1, 0.15) is 10.7 Å². The number of halogens is 1. The molecule has 7 heteroatoms. The van der Waals surface area contributed by atoms with E-state index in [4.69, 9.17) is 5.73 Å². The number of anilines is 1. The lowest BCUT2D eigenvalue weighted by Crippen LogP contribution is -2.27. The van der Waals surface area contributed by atoms with Crippen LogP contribution in [0.15, 0.2) is 47.6 Å². The minimum atomic E-state index is -3.96. The molecule has 0 bridgehead atoms. The number of nitrogens with one attached hydrogen (secondary N) is 1. The Morgan fingerprint density at radius 3 is 2.70 bits per heavy atom. The summed E-state index contributed by atoms with van der Waals surface area (Å²) in [6.07, 6.45) is 3.74. The minimum Gasteiger partial charge on any atom is -0.398 e. The Hall–Kier alpha value is -1.99. The van der Waals surface area contributed by atoms with Crippen LogP contribution in [0.2, 0.25) is 0 Å². The van der Waals surface area contributed by atoms with E-state index >= 15 is 0 Å². The third kappa shape index (κ3) is 3.31. The molecule has 1 aromatic heterocycles. The SMILES string of the molecule is Nc1cccc(F)c1S(=O)(=O)NCCc1cccnc1. The van der Waals surface area contributed by atoms with Crippen molar-refractivity contribution in [2.75, 3.05) is 12.3 Å². The maximum atomic E-state index is 13.6. The van der Waals surface area contributed by atoms with Crippen LogP contribution in [0.1, 0.15) is 5.56 Å². The molecule has 1 heterocycles. The van der Waals surface area contributed by atoms with Crippen LogP contribution in [0.25, 0.3) is 0 Å². The Morgan fingerprint density at radius 2 is 2.05 bits per heavy atom. The van der Waals surface area contributed by atoms with Gasteiger partial charge in [0.15, 0.2) is 0 Å². The van der Waals surface area contributed by atoms with Gasteiger partial charge < -0.3 is 5.73 Å². The summed E-state index contributed by atoms with van der Waals surface area (Å²) in [6, 6.07) is 7.36. The van der Waals surface area contributed by atoms with Crippen molar-refractivity contribution in [3.8, 4) is 0 Å². The summed E-state index contributed by atoms with van der Waals surface area (Å²) < 4.78 is 40.0. The van der Waals surface area contributed by atoms with E-state index in [1.807, 2.05) is 6.07 Å². The molecule has 0 saturated heterocycles. The summed E-state index contributed by atoms with van der Waals surface area (Å²) >= 11 is 0. The van der Waals surface area contributed by atoms with E-state index in [1.165, 1.54) is 12.1 Å². The molecule has 2 rings (SSSR count). The molecule has 5 nitrogen and oxygen atoms in total. The number of sulfonamides is 1. The van der Waals surface area contributed by atoms with Crippen molar-refractivity contribution in [3.05, 3.63) is 54.1 Å². The fourth-order valence-electron chi connectivity index (χ4n) is 1.76. The predicted molar refractivity (Wildman–Crippen MR) is 73.9 cm³/mol. The number of benzene rings is 1. The van der Waals surface area contributed by atoms with E-state index in [1.54, 1.807) is 18.5 Å². The zero-order chi connectivity index (χ0) is 14.6. The van der Waals surface area contributed by atoms with Gasteiger partial charge in [-0.3, -0.25) is 4.98 Å². The number of pyridine rings is 1. The summed E-state index contributed by atoms with van der Waals surface area (Å²) in [4.78, 5) is 3.42. The Kier molecular flexibility index (Phi) is 4.31. The van der Waals surface area contributed by atoms with Crippen LogP contribution >= 0.6 is 0 Å². The van der Waals surface area contributed by atoms with Crippen LogP contribution in [0.5, 0.6) is 0 Å². The molecule has 2 aromatic rings. The quantitative estimate of drug-likeness (QED) is 0.815. The molecule has 1 aromatic carbocycles. The summed E-state index contributed by atoms with van der Waals surface area (Å²) in [7, 11) is -3.96. The molecule has 0 amide bonds. The van der Waals surface area contributed by atoms with Gasteiger partial charge in [0.25, 0.3) is 0 Å². The standard InChI is InChI=1S/C13H14FN3O2S/c14-11-4-1-5-12(15)13(11)20(18,19)17-8-6-10-3-2-7-16-9-10/h1-5,7,9,17H,6,8,15H2. The minimum absolute atomic E-state index is 0.112. The van der Waals surface area contributed by atoms with Crippen LogP contribution in [-0.4, -0.2) is 19.9 Å². The molecule has 106 valence electrons. The average molecular weight is 295 g/mol. The van der Waals surface area contributed by atoms with Gasteiger partial charge >= 0.3 is 0 Å². The largest absolute Gasteiger partial charge is 0.398 e. The number of nitrogen functional groups attached to an aromatic ring is 1. The number of nitrogens with zero attached hydrogens (tertiary/aromatic N) is 1. The van der Waals surface area contributed by atoms with Gasteiger partial charge in [-0.2, -0.15) is 0 Å². The average Bonchev–Trinajstić information content (AvgIpc) is 2.39. The summed E-state index contributed by atoms with van der Waals surface area (Å²) in [5, 5.41) is 0. The fraction of sp³-hybridized carbons (Fsp3) is 0.154. The van der Waals surface area contributed by atoms with Crippen LogP contribution in [0.4, 0.5) is 10.1 Å². The molecule has 3 N–H and O–H groups in total. The molecule has 0 unspecified atom stereocenters. The molecule has 0 fully saturated rings. The molecule has 20 heavy (non-hydrogen) atoms. The van der Waals surface area contributed by atoms with Gasteiger partial charge in [-0.1, -0.05) is 12.1 Å². The lowest BCUT2D eigenvalue weighted by Gasteiger charge is -2.09. The van der Waals surface area contributed by atoms with Gasteiger partial charge in [-0.25, -0.2) is 17.5 Å². The number of nitrogens with two attached hydrogens (primary N) is 1. The molecule has 0 aliphatic carbocycles. The Balaban J connectivity index is 2.09. The van der Waals surface area contributed by atoms with Gasteiger partial charge in [-0.15, -0.1) is 0 Å². The van der Waals surface area contributed by atoms with Crippen molar-refractivity contribution in [2.24, 2.45) is 0 Å². The smallest absolute Gasteiger partial charge is 0.245 e. The molecular weight excluding hydrogens is 281 g/mol. The van der Waals surface area contributed by atoms with Crippen LogP contribution < -0.4 is 10.5 Å². The summed E-state index contributed by atoms with van der Waals surface area (Å²) in [5.74, 6) is -0.862. The second-order valence-electron chi connectivity index (χ2n) is 4.17. The molecule has 0 aliphatic heterocycles. The van der Waals surface area contributed by atoms with E-state index in [-0.39, 0.29) is 12.2 Å². The first-order chi connectivity index (χ1) is 9.50. The number of hydrogen-bond donors (Lipinski definition) is 2. The topological polar surface area (TPSA) is 85.1 Å². The van der Waals surface area contributed by atoms with Crippen molar-refractivity contribution in [3.63, 3.8) is 0 Å². The highest BCUT2D eigenvalue weighted by molar-refractivity contribution is 7.89. The highest BCUT2D eigenvalue weighted by atomic mass is 32.2. The number of aromatic nitrogens is 1. The molecule has 0 atom stereocenters. The lowest BCUT2D eigenvalue weighted by atomic mass is 10.2. The van der Waals surface area contributed by atoms with Gasteiger partial charge in [0, 0.05) is 18.9 Å². The monoisotopic (exact) mass is 295 g/mol. The van der Waals surface area contributed by atoms with Crippen molar-refractivity contribution in [2.45, 2.75) is 11.3 Å². The first-order valence-corrected chi connectivity index (χ1v) is 7.41. The normalized spacial score (nSPS) is 11.4. The lowest BCUT2D eigenvalue weighted by molar-refractivity contribution is 0.558. The second-order valence-corrected chi connectivity index (χ2v) is 5.87. The van der Waals surface area contributed by atoms with Crippen LogP contribution in [0.3, 0.4) is 0 Å². The zero-order valence-corrected chi connectivity index (χ0v) is 11.4. The van der Waals surface area contributed by atoms with Crippen molar-refractivity contribution < 1.29 is 12.8 Å². The van der Waals surface area contributed by atoms with Gasteiger partial charge in [-0.05, 0) is 30.2 Å².